The van der Waals surface area contributed by atoms with E-state index in [-0.39, 0.29) is 11.5 Å². The minimum Gasteiger partial charge on any atom is -0.477 e. The van der Waals surface area contributed by atoms with E-state index in [1.807, 2.05) is 34.6 Å². The van der Waals surface area contributed by atoms with Gasteiger partial charge in [-0.15, -0.1) is 0 Å². The highest BCUT2D eigenvalue weighted by atomic mass is 16.6. The molecular weight excluding hydrogens is 394 g/mol. The number of ether oxygens (including phenoxy) is 1. The zero-order valence-electron chi connectivity index (χ0n) is 19.8. The van der Waals surface area contributed by atoms with Crippen molar-refractivity contribution in [3.8, 4) is 5.88 Å². The van der Waals surface area contributed by atoms with Crippen LogP contribution < -0.4 is 4.74 Å². The maximum Gasteiger partial charge on any atom is 0.277 e. The summed E-state index contributed by atoms with van der Waals surface area (Å²) in [6.45, 7) is 16.7. The fourth-order valence-electron chi connectivity index (χ4n) is 3.37. The molecule has 31 heavy (non-hydrogen) atoms. The zero-order valence-corrected chi connectivity index (χ0v) is 19.8. The summed E-state index contributed by atoms with van der Waals surface area (Å²) >= 11 is 0. The van der Waals surface area contributed by atoms with Gasteiger partial charge in [-0.3, -0.25) is 14.9 Å². The van der Waals surface area contributed by atoms with E-state index < -0.39 is 4.92 Å². The predicted octanol–water partition coefficient (Wildman–Crippen LogP) is 5.83. The highest BCUT2D eigenvalue weighted by molar-refractivity contribution is 6.12. The summed E-state index contributed by atoms with van der Waals surface area (Å²) in [5, 5.41) is 16.0. The van der Waals surface area contributed by atoms with Gasteiger partial charge in [0, 0.05) is 18.2 Å². The van der Waals surface area contributed by atoms with Crippen LogP contribution in [0, 0.1) is 28.9 Å². The fraction of sp³-hybridized carbons (Fsp3) is 0.500. The molecule has 0 unspecified atom stereocenters. The summed E-state index contributed by atoms with van der Waals surface area (Å²) in [5.41, 5.74) is 3.63. The molecule has 0 bridgehead atoms. The van der Waals surface area contributed by atoms with Crippen molar-refractivity contribution in [1.82, 2.24) is 9.78 Å². The van der Waals surface area contributed by atoms with Crippen LogP contribution in [0.25, 0.3) is 5.57 Å². The van der Waals surface area contributed by atoms with Gasteiger partial charge in [0.15, 0.2) is 5.78 Å². The van der Waals surface area contributed by atoms with E-state index in [1.54, 1.807) is 11.6 Å². The second-order valence-corrected chi connectivity index (χ2v) is 8.99. The van der Waals surface area contributed by atoms with E-state index in [0.29, 0.717) is 53.1 Å². The van der Waals surface area contributed by atoms with Crippen LogP contribution in [-0.2, 0) is 6.54 Å². The number of rotatable bonds is 9. The minimum atomic E-state index is -0.402. The number of nitrogens with zero attached hydrogens (tertiary/aromatic N) is 3. The quantitative estimate of drug-likeness (QED) is 0.285. The average Bonchev–Trinajstić information content (AvgIpc) is 3.06. The minimum absolute atomic E-state index is 0.000431. The Morgan fingerprint density at radius 2 is 1.77 bits per heavy atom. The number of ketones is 1. The smallest absolute Gasteiger partial charge is 0.277 e. The van der Waals surface area contributed by atoms with Gasteiger partial charge in [0.05, 0.1) is 23.3 Å². The van der Waals surface area contributed by atoms with Crippen molar-refractivity contribution in [2.75, 3.05) is 6.61 Å². The molecule has 0 amide bonds. The first-order valence-electron chi connectivity index (χ1n) is 10.6. The molecule has 1 aromatic heterocycles. The summed E-state index contributed by atoms with van der Waals surface area (Å²) < 4.78 is 7.72. The Morgan fingerprint density at radius 3 is 2.29 bits per heavy atom. The lowest BCUT2D eigenvalue weighted by molar-refractivity contribution is -0.385. The molecule has 0 radical (unpaired) electrons. The van der Waals surface area contributed by atoms with Gasteiger partial charge in [-0.2, -0.15) is 5.10 Å². The molecule has 1 aromatic carbocycles. The van der Waals surface area contributed by atoms with Gasteiger partial charge in [-0.05, 0) is 56.7 Å². The first kappa shape index (κ1) is 24.3. The summed E-state index contributed by atoms with van der Waals surface area (Å²) in [7, 11) is 0. The van der Waals surface area contributed by atoms with Gasteiger partial charge >= 0.3 is 0 Å². The van der Waals surface area contributed by atoms with Crippen LogP contribution in [-0.4, -0.2) is 27.1 Å². The number of aromatic nitrogens is 2. The number of nitro groups is 1. The average molecular weight is 428 g/mol. The molecule has 0 aliphatic rings. The van der Waals surface area contributed by atoms with Crippen LogP contribution in [0.15, 0.2) is 23.9 Å². The molecule has 2 rings (SSSR count). The number of nitro benzene ring substituents is 1. The van der Waals surface area contributed by atoms with Gasteiger partial charge < -0.3 is 4.74 Å². The Kier molecular flexibility index (Phi) is 7.76. The van der Waals surface area contributed by atoms with E-state index in [1.165, 1.54) is 18.3 Å². The van der Waals surface area contributed by atoms with Crippen molar-refractivity contribution in [1.29, 1.82) is 0 Å². The fourth-order valence-corrected chi connectivity index (χ4v) is 3.37. The monoisotopic (exact) mass is 427 g/mol. The lowest BCUT2D eigenvalue weighted by Crippen LogP contribution is -2.15. The third-order valence-electron chi connectivity index (χ3n) is 5.14. The van der Waals surface area contributed by atoms with Crippen LogP contribution in [0.3, 0.4) is 0 Å². The van der Waals surface area contributed by atoms with Crippen LogP contribution in [0.2, 0.25) is 0 Å². The number of carbonyl (C=O) groups is 1. The summed E-state index contributed by atoms with van der Waals surface area (Å²) in [6.07, 6.45) is 1.54. The molecule has 168 valence electrons. The molecule has 1 heterocycles. The van der Waals surface area contributed by atoms with Gasteiger partial charge in [0.2, 0.25) is 5.88 Å². The summed E-state index contributed by atoms with van der Waals surface area (Å²) in [4.78, 5) is 24.8. The Bertz CT molecular complexity index is 1010. The van der Waals surface area contributed by atoms with Crippen LogP contribution in [0.4, 0.5) is 5.69 Å². The van der Waals surface area contributed by atoms with E-state index in [4.69, 9.17) is 4.74 Å². The zero-order chi connectivity index (χ0) is 23.5. The van der Waals surface area contributed by atoms with E-state index in [2.05, 4.69) is 18.9 Å². The number of hydrogen-bond acceptors (Lipinski definition) is 5. The molecule has 0 fully saturated rings. The number of benzene rings is 1. The summed E-state index contributed by atoms with van der Waals surface area (Å²) in [5.74, 6) is 0.824. The highest BCUT2D eigenvalue weighted by Gasteiger charge is 2.27. The van der Waals surface area contributed by atoms with E-state index >= 15 is 0 Å². The van der Waals surface area contributed by atoms with Gasteiger partial charge in [0.1, 0.15) is 5.56 Å². The number of carbonyl (C=O) groups excluding carboxylic acids is 1. The van der Waals surface area contributed by atoms with Gasteiger partial charge in [-0.25, -0.2) is 4.68 Å². The lowest BCUT2D eigenvalue weighted by atomic mass is 9.90. The second kappa shape index (κ2) is 9.90. The lowest BCUT2D eigenvalue weighted by Gasteiger charge is -2.15. The van der Waals surface area contributed by atoms with Crippen molar-refractivity contribution in [2.24, 2.45) is 11.8 Å². The van der Waals surface area contributed by atoms with Crippen LogP contribution in [0.1, 0.15) is 75.5 Å². The molecule has 7 heteroatoms. The van der Waals surface area contributed by atoms with Gasteiger partial charge in [0.25, 0.3) is 5.69 Å². The maximum atomic E-state index is 13.5. The molecule has 0 aliphatic carbocycles. The van der Waals surface area contributed by atoms with E-state index in [9.17, 15) is 14.9 Å². The normalized spacial score (nSPS) is 11.2. The number of allylic oxidation sites excluding steroid dienone is 2. The maximum absolute atomic E-state index is 13.5. The van der Waals surface area contributed by atoms with Gasteiger partial charge in [-0.1, -0.05) is 33.3 Å². The van der Waals surface area contributed by atoms with Crippen molar-refractivity contribution in [3.05, 3.63) is 56.3 Å². The van der Waals surface area contributed by atoms with Crippen molar-refractivity contribution in [2.45, 2.75) is 61.9 Å². The Hall–Kier alpha value is -2.96. The van der Waals surface area contributed by atoms with Crippen molar-refractivity contribution in [3.63, 3.8) is 0 Å². The molecule has 0 aliphatic heterocycles. The molecular formula is C24H33N3O4. The molecule has 0 saturated heterocycles. The predicted molar refractivity (Wildman–Crippen MR) is 123 cm³/mol. The molecule has 0 N–H and O–H groups in total. The highest BCUT2D eigenvalue weighted by Crippen LogP contribution is 2.34. The third kappa shape index (κ3) is 5.40. The standard InChI is InChI=1S/C24H33N3O4/c1-14(2)12-26-24(31-13-15(3)4)20(11-25-26)23(28)19-9-10-21(27(29)30)22(18(19)8)17(7)16(5)6/h9-11,14-15H,12-13H2,1-8H3. The number of hydrogen-bond donors (Lipinski definition) is 0. The first-order chi connectivity index (χ1) is 14.5. The first-order valence-corrected chi connectivity index (χ1v) is 10.6. The topological polar surface area (TPSA) is 87.3 Å². The second-order valence-electron chi connectivity index (χ2n) is 8.99. The molecule has 0 saturated carbocycles. The van der Waals surface area contributed by atoms with E-state index in [0.717, 1.165) is 11.1 Å². The largest absolute Gasteiger partial charge is 0.477 e. The van der Waals surface area contributed by atoms with Crippen molar-refractivity contribution >= 4 is 17.0 Å². The SMILES string of the molecule is CC(C)=C(C)c1c([N+](=O)[O-])ccc(C(=O)c2cnn(CC(C)C)c2OCC(C)C)c1C. The Balaban J connectivity index is 2.64. The van der Waals surface area contributed by atoms with Crippen LogP contribution >= 0.6 is 0 Å². The molecule has 2 aromatic rings. The Morgan fingerprint density at radius 1 is 1.13 bits per heavy atom. The molecule has 7 nitrogen and oxygen atoms in total. The van der Waals surface area contributed by atoms with Crippen LogP contribution in [0.5, 0.6) is 5.88 Å². The summed E-state index contributed by atoms with van der Waals surface area (Å²) in [6, 6.07) is 2.94. The molecule has 0 atom stereocenters. The van der Waals surface area contributed by atoms with Crippen molar-refractivity contribution < 1.29 is 14.5 Å². The Labute approximate surface area is 184 Å². The third-order valence-corrected chi connectivity index (χ3v) is 5.14. The molecule has 0 spiro atoms.